The second-order valence-corrected chi connectivity index (χ2v) is 5.93. The largest absolute Gasteiger partial charge is 0.378 e. The van der Waals surface area contributed by atoms with Crippen molar-refractivity contribution in [3.63, 3.8) is 0 Å². The smallest absolute Gasteiger partial charge is 0.246 e. The van der Waals surface area contributed by atoms with E-state index in [1.165, 1.54) is 0 Å². The van der Waals surface area contributed by atoms with E-state index in [4.69, 9.17) is 4.74 Å². The van der Waals surface area contributed by atoms with E-state index in [9.17, 15) is 4.79 Å². The van der Waals surface area contributed by atoms with Crippen LogP contribution in [0.5, 0.6) is 0 Å². The summed E-state index contributed by atoms with van der Waals surface area (Å²) >= 11 is 0. The number of para-hydroxylation sites is 1. The van der Waals surface area contributed by atoms with Crippen molar-refractivity contribution in [2.75, 3.05) is 36.5 Å². The Bertz CT molecular complexity index is 869. The SMILES string of the molecule is O=C(Cn1nnc2ccccc21)Nc1ccc(N2CCOCC2)cc1. The van der Waals surface area contributed by atoms with E-state index in [2.05, 4.69) is 20.5 Å². The van der Waals surface area contributed by atoms with E-state index in [0.717, 1.165) is 48.7 Å². The number of anilines is 2. The molecule has 7 heteroatoms. The fourth-order valence-electron chi connectivity index (χ4n) is 2.95. The standard InChI is InChI=1S/C18H19N5O2/c24-18(13-23-17-4-2-1-3-16(17)20-21-23)19-14-5-7-15(8-6-14)22-9-11-25-12-10-22/h1-8H,9-13H2,(H,19,24). The van der Waals surface area contributed by atoms with Crippen LogP contribution >= 0.6 is 0 Å². The third kappa shape index (κ3) is 3.46. The van der Waals surface area contributed by atoms with Crippen molar-refractivity contribution < 1.29 is 9.53 Å². The highest BCUT2D eigenvalue weighted by Gasteiger charge is 2.12. The number of carbonyl (C=O) groups excluding carboxylic acids is 1. The maximum absolute atomic E-state index is 12.3. The van der Waals surface area contributed by atoms with Gasteiger partial charge in [-0.25, -0.2) is 4.68 Å². The monoisotopic (exact) mass is 337 g/mol. The van der Waals surface area contributed by atoms with Gasteiger partial charge in [-0.3, -0.25) is 4.79 Å². The Morgan fingerprint density at radius 3 is 2.64 bits per heavy atom. The number of aromatic nitrogens is 3. The molecule has 3 aromatic rings. The van der Waals surface area contributed by atoms with Gasteiger partial charge in [0.1, 0.15) is 12.1 Å². The topological polar surface area (TPSA) is 72.3 Å². The van der Waals surface area contributed by atoms with Gasteiger partial charge in [-0.1, -0.05) is 17.3 Å². The Morgan fingerprint density at radius 2 is 1.84 bits per heavy atom. The molecule has 1 saturated heterocycles. The first-order valence-corrected chi connectivity index (χ1v) is 8.30. The van der Waals surface area contributed by atoms with E-state index >= 15 is 0 Å². The van der Waals surface area contributed by atoms with E-state index < -0.39 is 0 Å². The van der Waals surface area contributed by atoms with Crippen LogP contribution in [0.15, 0.2) is 48.5 Å². The fraction of sp³-hybridized carbons (Fsp3) is 0.278. The van der Waals surface area contributed by atoms with Gasteiger partial charge in [-0.05, 0) is 36.4 Å². The lowest BCUT2D eigenvalue weighted by atomic mass is 10.2. The van der Waals surface area contributed by atoms with E-state index in [-0.39, 0.29) is 12.5 Å². The normalized spacial score (nSPS) is 14.6. The molecule has 4 rings (SSSR count). The number of hydrogen-bond acceptors (Lipinski definition) is 5. The van der Waals surface area contributed by atoms with Crippen molar-refractivity contribution in [1.82, 2.24) is 15.0 Å². The van der Waals surface area contributed by atoms with E-state index in [1.54, 1.807) is 4.68 Å². The number of hydrogen-bond donors (Lipinski definition) is 1. The van der Waals surface area contributed by atoms with Gasteiger partial charge in [0.25, 0.3) is 0 Å². The fourth-order valence-corrected chi connectivity index (χ4v) is 2.95. The zero-order chi connectivity index (χ0) is 17.1. The highest BCUT2D eigenvalue weighted by atomic mass is 16.5. The molecule has 7 nitrogen and oxygen atoms in total. The van der Waals surface area contributed by atoms with Gasteiger partial charge in [0, 0.05) is 24.5 Å². The molecule has 0 bridgehead atoms. The first kappa shape index (κ1) is 15.6. The zero-order valence-electron chi connectivity index (χ0n) is 13.8. The zero-order valence-corrected chi connectivity index (χ0v) is 13.8. The highest BCUT2D eigenvalue weighted by molar-refractivity contribution is 5.91. The second-order valence-electron chi connectivity index (χ2n) is 5.93. The van der Waals surface area contributed by atoms with Gasteiger partial charge in [-0.15, -0.1) is 5.10 Å². The van der Waals surface area contributed by atoms with E-state index in [1.807, 2.05) is 48.5 Å². The number of rotatable bonds is 4. The summed E-state index contributed by atoms with van der Waals surface area (Å²) < 4.78 is 6.97. The van der Waals surface area contributed by atoms with Crippen LogP contribution in [0.1, 0.15) is 0 Å². The predicted octanol–water partition coefficient (Wildman–Crippen LogP) is 1.91. The molecule has 0 radical (unpaired) electrons. The minimum atomic E-state index is -0.130. The van der Waals surface area contributed by atoms with Crippen LogP contribution in [0.2, 0.25) is 0 Å². The number of ether oxygens (including phenoxy) is 1. The molecule has 0 saturated carbocycles. The summed E-state index contributed by atoms with van der Waals surface area (Å²) in [5.41, 5.74) is 3.54. The molecule has 2 aromatic carbocycles. The number of nitrogens with one attached hydrogen (secondary N) is 1. The maximum atomic E-state index is 12.3. The van der Waals surface area contributed by atoms with E-state index in [0.29, 0.717) is 0 Å². The molecule has 0 aliphatic carbocycles. The molecule has 0 spiro atoms. The molecule has 1 aliphatic rings. The molecule has 1 aromatic heterocycles. The van der Waals surface area contributed by atoms with Crippen LogP contribution in [0.3, 0.4) is 0 Å². The molecule has 2 heterocycles. The van der Waals surface area contributed by atoms with Crippen molar-refractivity contribution >= 4 is 28.3 Å². The van der Waals surface area contributed by atoms with Crippen molar-refractivity contribution in [3.05, 3.63) is 48.5 Å². The number of carbonyl (C=O) groups is 1. The molecule has 1 fully saturated rings. The van der Waals surface area contributed by atoms with Crippen LogP contribution in [0.4, 0.5) is 11.4 Å². The average molecular weight is 337 g/mol. The lowest BCUT2D eigenvalue weighted by Gasteiger charge is -2.28. The highest BCUT2D eigenvalue weighted by Crippen LogP contribution is 2.19. The number of amides is 1. The second kappa shape index (κ2) is 6.90. The molecule has 0 unspecified atom stereocenters. The third-order valence-electron chi connectivity index (χ3n) is 4.24. The van der Waals surface area contributed by atoms with Crippen LogP contribution < -0.4 is 10.2 Å². The molecule has 0 atom stereocenters. The first-order chi connectivity index (χ1) is 12.3. The van der Waals surface area contributed by atoms with Gasteiger partial charge in [-0.2, -0.15) is 0 Å². The number of fused-ring (bicyclic) bond motifs is 1. The van der Waals surface area contributed by atoms with Crippen LogP contribution in [-0.2, 0) is 16.1 Å². The Hall–Kier alpha value is -2.93. The van der Waals surface area contributed by atoms with Crippen molar-refractivity contribution in [3.8, 4) is 0 Å². The molecule has 1 amide bonds. The maximum Gasteiger partial charge on any atom is 0.246 e. The summed E-state index contributed by atoms with van der Waals surface area (Å²) in [5.74, 6) is -0.130. The minimum absolute atomic E-state index is 0.130. The molecule has 25 heavy (non-hydrogen) atoms. The first-order valence-electron chi connectivity index (χ1n) is 8.30. The van der Waals surface area contributed by atoms with Crippen LogP contribution in [0, 0.1) is 0 Å². The lowest BCUT2D eigenvalue weighted by molar-refractivity contribution is -0.116. The van der Waals surface area contributed by atoms with Crippen LogP contribution in [0.25, 0.3) is 11.0 Å². The Labute approximate surface area is 145 Å². The Balaban J connectivity index is 1.40. The molecule has 1 N–H and O–H groups in total. The van der Waals surface area contributed by atoms with Gasteiger partial charge >= 0.3 is 0 Å². The minimum Gasteiger partial charge on any atom is -0.378 e. The molecular weight excluding hydrogens is 318 g/mol. The summed E-state index contributed by atoms with van der Waals surface area (Å²) in [6.45, 7) is 3.43. The lowest BCUT2D eigenvalue weighted by Crippen LogP contribution is -2.36. The molecule has 1 aliphatic heterocycles. The number of benzene rings is 2. The summed E-state index contributed by atoms with van der Waals surface area (Å²) in [6.07, 6.45) is 0. The summed E-state index contributed by atoms with van der Waals surface area (Å²) in [5, 5.41) is 11.0. The van der Waals surface area contributed by atoms with Gasteiger partial charge in [0.05, 0.1) is 18.7 Å². The summed E-state index contributed by atoms with van der Waals surface area (Å²) in [6, 6.07) is 15.5. The Kier molecular flexibility index (Phi) is 4.30. The van der Waals surface area contributed by atoms with Crippen molar-refractivity contribution in [2.24, 2.45) is 0 Å². The number of nitrogens with zero attached hydrogens (tertiary/aromatic N) is 4. The quantitative estimate of drug-likeness (QED) is 0.787. The summed E-state index contributed by atoms with van der Waals surface area (Å²) in [4.78, 5) is 14.6. The Morgan fingerprint density at radius 1 is 1.08 bits per heavy atom. The summed E-state index contributed by atoms with van der Waals surface area (Å²) in [7, 11) is 0. The van der Waals surface area contributed by atoms with Crippen molar-refractivity contribution in [2.45, 2.75) is 6.54 Å². The molecular formula is C18H19N5O2. The number of morpholine rings is 1. The molecule has 128 valence electrons. The van der Waals surface area contributed by atoms with Crippen molar-refractivity contribution in [1.29, 1.82) is 0 Å². The van der Waals surface area contributed by atoms with Gasteiger partial charge in [0.15, 0.2) is 0 Å². The average Bonchev–Trinajstić information content (AvgIpc) is 3.06. The van der Waals surface area contributed by atoms with Gasteiger partial charge in [0.2, 0.25) is 5.91 Å². The predicted molar refractivity (Wildman–Crippen MR) is 95.6 cm³/mol. The van der Waals surface area contributed by atoms with Gasteiger partial charge < -0.3 is 15.0 Å². The van der Waals surface area contributed by atoms with Crippen LogP contribution in [-0.4, -0.2) is 47.2 Å². The third-order valence-corrected chi connectivity index (χ3v) is 4.24.